The number of nitrogens with zero attached hydrogens (tertiary/aromatic N) is 2. The van der Waals surface area contributed by atoms with E-state index in [4.69, 9.17) is 9.47 Å². The van der Waals surface area contributed by atoms with Crippen LogP contribution in [0.5, 0.6) is 11.5 Å². The second-order valence-electron chi connectivity index (χ2n) is 6.44. The molecule has 0 unspecified atom stereocenters. The van der Waals surface area contributed by atoms with Crippen molar-refractivity contribution >= 4 is 0 Å². The molecule has 0 saturated carbocycles. The van der Waals surface area contributed by atoms with E-state index in [-0.39, 0.29) is 0 Å². The summed E-state index contributed by atoms with van der Waals surface area (Å²) in [6, 6.07) is 6.36. The summed E-state index contributed by atoms with van der Waals surface area (Å²) in [5.74, 6) is 1.72. The Kier molecular flexibility index (Phi) is 7.69. The first-order valence-corrected chi connectivity index (χ1v) is 8.93. The minimum absolute atomic E-state index is 0.760. The Bertz CT molecular complexity index is 457. The van der Waals surface area contributed by atoms with Gasteiger partial charge in [-0.1, -0.05) is 19.4 Å². The van der Waals surface area contributed by atoms with Crippen LogP contribution in [-0.2, 0) is 6.42 Å². The van der Waals surface area contributed by atoms with Crippen molar-refractivity contribution in [1.29, 1.82) is 0 Å². The van der Waals surface area contributed by atoms with Crippen LogP contribution in [0.1, 0.15) is 31.7 Å². The summed E-state index contributed by atoms with van der Waals surface area (Å²) in [7, 11) is 3.92. The lowest BCUT2D eigenvalue weighted by Crippen LogP contribution is -2.44. The van der Waals surface area contributed by atoms with E-state index in [1.807, 2.05) is 0 Å². The van der Waals surface area contributed by atoms with Gasteiger partial charge in [0.2, 0.25) is 0 Å². The van der Waals surface area contributed by atoms with Crippen LogP contribution in [0, 0.1) is 0 Å². The molecule has 1 aromatic rings. The van der Waals surface area contributed by atoms with E-state index >= 15 is 0 Å². The lowest BCUT2D eigenvalue weighted by molar-refractivity contribution is 0.153. The smallest absolute Gasteiger partial charge is 0.161 e. The molecule has 1 aromatic carbocycles. The van der Waals surface area contributed by atoms with Crippen LogP contribution in [0.4, 0.5) is 0 Å². The Morgan fingerprint density at radius 1 is 1.04 bits per heavy atom. The van der Waals surface area contributed by atoms with E-state index < -0.39 is 0 Å². The fraction of sp³-hybridized carbons (Fsp3) is 0.684. The minimum Gasteiger partial charge on any atom is -0.493 e. The molecule has 1 aliphatic heterocycles. The summed E-state index contributed by atoms with van der Waals surface area (Å²) >= 11 is 0. The van der Waals surface area contributed by atoms with Crippen molar-refractivity contribution in [3.63, 3.8) is 0 Å². The van der Waals surface area contributed by atoms with Gasteiger partial charge in [-0.15, -0.1) is 0 Å². The van der Waals surface area contributed by atoms with E-state index in [1.165, 1.54) is 44.7 Å². The van der Waals surface area contributed by atoms with Crippen LogP contribution in [-0.4, -0.2) is 63.3 Å². The zero-order valence-corrected chi connectivity index (χ0v) is 15.0. The van der Waals surface area contributed by atoms with Crippen LogP contribution in [0.15, 0.2) is 18.2 Å². The number of piperazine rings is 1. The molecule has 1 fully saturated rings. The Morgan fingerprint density at radius 3 is 2.52 bits per heavy atom. The molecule has 0 N–H and O–H groups in total. The Morgan fingerprint density at radius 2 is 1.83 bits per heavy atom. The molecule has 130 valence electrons. The molecule has 0 spiro atoms. The fourth-order valence-electron chi connectivity index (χ4n) is 2.89. The number of rotatable bonds is 9. The van der Waals surface area contributed by atoms with Crippen molar-refractivity contribution < 1.29 is 9.47 Å². The van der Waals surface area contributed by atoms with Gasteiger partial charge in [0.1, 0.15) is 0 Å². The molecule has 1 saturated heterocycles. The lowest BCUT2D eigenvalue weighted by atomic mass is 10.1. The van der Waals surface area contributed by atoms with E-state index in [2.05, 4.69) is 42.0 Å². The van der Waals surface area contributed by atoms with Crippen LogP contribution < -0.4 is 9.47 Å². The molecular formula is C19H32N2O2. The van der Waals surface area contributed by atoms with Gasteiger partial charge in [-0.05, 0) is 50.6 Å². The first-order chi connectivity index (χ1) is 11.2. The molecule has 1 heterocycles. The summed E-state index contributed by atoms with van der Waals surface area (Å²) in [6.07, 6.45) is 4.52. The summed E-state index contributed by atoms with van der Waals surface area (Å²) in [5, 5.41) is 0. The Labute approximate surface area is 141 Å². The van der Waals surface area contributed by atoms with Gasteiger partial charge in [0.15, 0.2) is 11.5 Å². The maximum Gasteiger partial charge on any atom is 0.161 e. The molecule has 1 aliphatic rings. The average Bonchev–Trinajstić information content (AvgIpc) is 2.58. The third-order valence-electron chi connectivity index (χ3n) is 4.52. The molecule has 2 rings (SSSR count). The highest BCUT2D eigenvalue weighted by molar-refractivity contribution is 5.43. The quantitative estimate of drug-likeness (QED) is 0.653. The van der Waals surface area contributed by atoms with Gasteiger partial charge >= 0.3 is 0 Å². The highest BCUT2D eigenvalue weighted by Gasteiger charge is 2.13. The predicted molar refractivity (Wildman–Crippen MR) is 95.7 cm³/mol. The van der Waals surface area contributed by atoms with Crippen LogP contribution >= 0.6 is 0 Å². The zero-order valence-electron chi connectivity index (χ0n) is 15.0. The number of aryl methyl sites for hydroxylation is 1. The lowest BCUT2D eigenvalue weighted by Gasteiger charge is -2.32. The number of likely N-dealkylation sites (N-methyl/N-ethyl adjacent to an activating group) is 1. The van der Waals surface area contributed by atoms with Crippen molar-refractivity contribution in [2.24, 2.45) is 0 Å². The molecule has 4 heteroatoms. The average molecular weight is 320 g/mol. The van der Waals surface area contributed by atoms with Crippen molar-refractivity contribution in [2.75, 3.05) is 53.5 Å². The van der Waals surface area contributed by atoms with E-state index in [0.29, 0.717) is 0 Å². The third-order valence-corrected chi connectivity index (χ3v) is 4.52. The fourth-order valence-corrected chi connectivity index (χ4v) is 2.89. The van der Waals surface area contributed by atoms with Crippen molar-refractivity contribution in [3.05, 3.63) is 23.8 Å². The number of hydrogen-bond acceptors (Lipinski definition) is 4. The monoisotopic (exact) mass is 320 g/mol. The molecule has 0 aliphatic carbocycles. The molecule has 0 bridgehead atoms. The molecule has 23 heavy (non-hydrogen) atoms. The van der Waals surface area contributed by atoms with Gasteiger partial charge in [0.25, 0.3) is 0 Å². The summed E-state index contributed by atoms with van der Waals surface area (Å²) in [5.41, 5.74) is 1.33. The van der Waals surface area contributed by atoms with Crippen LogP contribution in [0.25, 0.3) is 0 Å². The van der Waals surface area contributed by atoms with Gasteiger partial charge in [-0.2, -0.15) is 0 Å². The van der Waals surface area contributed by atoms with Gasteiger partial charge in [-0.3, -0.25) is 0 Å². The topological polar surface area (TPSA) is 24.9 Å². The third kappa shape index (κ3) is 6.04. The van der Waals surface area contributed by atoms with Gasteiger partial charge < -0.3 is 19.3 Å². The van der Waals surface area contributed by atoms with Crippen LogP contribution in [0.3, 0.4) is 0 Å². The summed E-state index contributed by atoms with van der Waals surface area (Å²) in [6.45, 7) is 8.90. The second-order valence-corrected chi connectivity index (χ2v) is 6.44. The molecule has 4 nitrogen and oxygen atoms in total. The van der Waals surface area contributed by atoms with Gasteiger partial charge in [-0.25, -0.2) is 0 Å². The Balaban J connectivity index is 1.78. The number of methoxy groups -OCH3 is 1. The van der Waals surface area contributed by atoms with Crippen LogP contribution in [0.2, 0.25) is 0 Å². The number of ether oxygens (including phenoxy) is 2. The van der Waals surface area contributed by atoms with Crippen molar-refractivity contribution in [2.45, 2.75) is 32.6 Å². The normalized spacial score (nSPS) is 16.5. The minimum atomic E-state index is 0.760. The van der Waals surface area contributed by atoms with E-state index in [9.17, 15) is 0 Å². The highest BCUT2D eigenvalue weighted by atomic mass is 16.5. The Hall–Kier alpha value is -1.26. The standard InChI is InChI=1S/C19H32N2O2/c1-4-5-15-23-18-9-8-17(16-19(18)22-3)7-6-10-21-13-11-20(2)12-14-21/h8-9,16H,4-7,10-15H2,1-3H3. The highest BCUT2D eigenvalue weighted by Crippen LogP contribution is 2.28. The van der Waals surface area contributed by atoms with Crippen molar-refractivity contribution in [3.8, 4) is 11.5 Å². The van der Waals surface area contributed by atoms with Crippen molar-refractivity contribution in [1.82, 2.24) is 9.80 Å². The maximum atomic E-state index is 5.80. The first-order valence-electron chi connectivity index (χ1n) is 8.93. The molecule has 0 radical (unpaired) electrons. The zero-order chi connectivity index (χ0) is 16.5. The first kappa shape index (κ1) is 18.1. The number of hydrogen-bond donors (Lipinski definition) is 0. The van der Waals surface area contributed by atoms with E-state index in [0.717, 1.165) is 37.4 Å². The van der Waals surface area contributed by atoms with Gasteiger partial charge in [0.05, 0.1) is 13.7 Å². The second kappa shape index (κ2) is 9.78. The molecule has 0 amide bonds. The molecular weight excluding hydrogens is 288 g/mol. The van der Waals surface area contributed by atoms with E-state index in [1.54, 1.807) is 7.11 Å². The molecule has 0 atom stereocenters. The predicted octanol–water partition coefficient (Wildman–Crippen LogP) is 3.05. The number of benzene rings is 1. The largest absolute Gasteiger partial charge is 0.493 e. The molecule has 0 aromatic heterocycles. The SMILES string of the molecule is CCCCOc1ccc(CCCN2CCN(C)CC2)cc1OC. The summed E-state index contributed by atoms with van der Waals surface area (Å²) < 4.78 is 11.3. The maximum absolute atomic E-state index is 5.80. The summed E-state index contributed by atoms with van der Waals surface area (Å²) in [4.78, 5) is 4.97. The number of unbranched alkanes of at least 4 members (excludes halogenated alkanes) is 1. The van der Waals surface area contributed by atoms with Gasteiger partial charge in [0, 0.05) is 26.2 Å².